The van der Waals surface area contributed by atoms with Gasteiger partial charge in [-0.05, 0) is 308 Å². The summed E-state index contributed by atoms with van der Waals surface area (Å²) in [4.78, 5) is 5.04. The topological polar surface area (TPSA) is 19.6 Å². The molecule has 688 valence electrons. The van der Waals surface area contributed by atoms with Crippen molar-refractivity contribution in [2.75, 3.05) is 9.80 Å². The summed E-state index contributed by atoms with van der Waals surface area (Å²) in [5.74, 6) is 0. The molecule has 146 heavy (non-hydrogen) atoms. The first-order valence-corrected chi connectivity index (χ1v) is 51.4. The lowest BCUT2D eigenvalue weighted by Gasteiger charge is -2.31. The Kier molecular flexibility index (Phi) is 18.7. The van der Waals surface area contributed by atoms with Crippen LogP contribution in [0.3, 0.4) is 0 Å². The SMILES string of the molecule is CC1(C)c2ccccc2-c2c(-c3cc(-c4cccc5c4-c4ccccc4C54c5ccccc5-c5ccccc54)cc(N(c4ccc(-c5ccccc5)cc4)c4cccc5c4-c4ccccc4C5(C)C)c3)cccc21.CC1(C)c2ccccc2-c2ccc(N(c3ccc(-c4ccccc4)cc3)c3cc(-c4cccc5c4-c4ccccc4C54c5ccccc5-c5ccccc54)cc(-c4cccc5oc6ccccc6c45)c3)cc21. The summed E-state index contributed by atoms with van der Waals surface area (Å²) < 4.78 is 6.58. The molecule has 3 nitrogen and oxygen atoms in total. The van der Waals surface area contributed by atoms with E-state index in [1.54, 1.807) is 0 Å². The summed E-state index contributed by atoms with van der Waals surface area (Å²) in [6, 6.07) is 187. The van der Waals surface area contributed by atoms with Crippen molar-refractivity contribution in [3.63, 3.8) is 0 Å². The van der Waals surface area contributed by atoms with E-state index in [9.17, 15) is 0 Å². The fourth-order valence-electron chi connectivity index (χ4n) is 27.4. The Bertz CT molecular complexity index is 9320. The number of hydrogen-bond donors (Lipinski definition) is 0. The number of rotatable bonds is 12. The Labute approximate surface area is 852 Å². The Hall–Kier alpha value is -17.8. The highest BCUT2D eigenvalue weighted by molar-refractivity contribution is 6.14. The lowest BCUT2D eigenvalue weighted by atomic mass is 9.70. The molecule has 0 aliphatic heterocycles. The molecule has 0 bridgehead atoms. The number of anilines is 6. The summed E-state index contributed by atoms with van der Waals surface area (Å²) in [5.41, 5.74) is 58.3. The zero-order valence-electron chi connectivity index (χ0n) is 82.1. The van der Waals surface area contributed by atoms with Gasteiger partial charge in [0, 0.05) is 61.0 Å². The molecule has 7 aliphatic rings. The van der Waals surface area contributed by atoms with Crippen LogP contribution in [0.15, 0.2) is 502 Å². The molecular formula is C143H100N2O. The van der Waals surface area contributed by atoms with Crippen molar-refractivity contribution >= 4 is 56.1 Å². The molecule has 7 aliphatic carbocycles. The largest absolute Gasteiger partial charge is 0.456 e. The number of nitrogens with zero attached hydrogens (tertiary/aromatic N) is 2. The molecule has 22 aromatic carbocycles. The van der Waals surface area contributed by atoms with Crippen molar-refractivity contribution in [2.45, 2.75) is 68.6 Å². The lowest BCUT2D eigenvalue weighted by Crippen LogP contribution is -2.25. The van der Waals surface area contributed by atoms with Crippen molar-refractivity contribution in [3.05, 3.63) is 575 Å². The lowest BCUT2D eigenvalue weighted by molar-refractivity contribution is 0.660. The van der Waals surface area contributed by atoms with Gasteiger partial charge in [0.15, 0.2) is 0 Å². The van der Waals surface area contributed by atoms with Crippen molar-refractivity contribution in [1.29, 1.82) is 0 Å². The van der Waals surface area contributed by atoms with Crippen LogP contribution in [0.5, 0.6) is 0 Å². The second-order valence-corrected chi connectivity index (χ2v) is 42.2. The zero-order valence-corrected chi connectivity index (χ0v) is 82.1. The van der Waals surface area contributed by atoms with Crippen LogP contribution in [0.25, 0.3) is 167 Å². The predicted molar refractivity (Wildman–Crippen MR) is 607 cm³/mol. The maximum absolute atomic E-state index is 6.58. The molecule has 3 heteroatoms. The van der Waals surface area contributed by atoms with Gasteiger partial charge < -0.3 is 14.2 Å². The van der Waals surface area contributed by atoms with Crippen molar-refractivity contribution in [1.82, 2.24) is 0 Å². The Balaban J connectivity index is 0.000000138. The number of benzene rings is 22. The summed E-state index contributed by atoms with van der Waals surface area (Å²) in [5, 5.41) is 2.23. The smallest absolute Gasteiger partial charge is 0.136 e. The van der Waals surface area contributed by atoms with Gasteiger partial charge in [0.25, 0.3) is 0 Å². The summed E-state index contributed by atoms with van der Waals surface area (Å²) in [6.45, 7) is 14.3. The van der Waals surface area contributed by atoms with Gasteiger partial charge in [0.1, 0.15) is 11.2 Å². The molecule has 0 saturated carbocycles. The Morgan fingerprint density at radius 1 is 0.158 bits per heavy atom. The molecular weight excluding hydrogens is 1760 g/mol. The molecule has 0 N–H and O–H groups in total. The molecule has 1 heterocycles. The highest BCUT2D eigenvalue weighted by Crippen LogP contribution is 2.68. The van der Waals surface area contributed by atoms with E-state index in [0.29, 0.717) is 0 Å². The van der Waals surface area contributed by atoms with Crippen molar-refractivity contribution in [3.8, 4) is 145 Å². The van der Waals surface area contributed by atoms with E-state index in [0.717, 1.165) is 67.1 Å². The molecule has 0 atom stereocenters. The van der Waals surface area contributed by atoms with Gasteiger partial charge in [0.2, 0.25) is 0 Å². The van der Waals surface area contributed by atoms with Crippen LogP contribution in [0.2, 0.25) is 0 Å². The minimum atomic E-state index is -0.460. The number of furan rings is 1. The quantitative estimate of drug-likeness (QED) is 0.122. The van der Waals surface area contributed by atoms with Crippen LogP contribution in [0.1, 0.15) is 119 Å². The molecule has 0 fully saturated rings. The molecule has 30 rings (SSSR count). The van der Waals surface area contributed by atoms with Crippen molar-refractivity contribution in [2.24, 2.45) is 0 Å². The van der Waals surface area contributed by atoms with Crippen LogP contribution < -0.4 is 9.80 Å². The van der Waals surface area contributed by atoms with Gasteiger partial charge in [-0.2, -0.15) is 0 Å². The maximum Gasteiger partial charge on any atom is 0.136 e. The van der Waals surface area contributed by atoms with Gasteiger partial charge in [-0.25, -0.2) is 0 Å². The molecule has 0 amide bonds. The van der Waals surface area contributed by atoms with Crippen molar-refractivity contribution < 1.29 is 4.42 Å². The van der Waals surface area contributed by atoms with Crippen LogP contribution in [0, 0.1) is 0 Å². The average molecular weight is 1860 g/mol. The van der Waals surface area contributed by atoms with Gasteiger partial charge in [-0.15, -0.1) is 0 Å². The fraction of sp³-hybridized carbons (Fsp3) is 0.0769. The van der Waals surface area contributed by atoms with Crippen LogP contribution in [0.4, 0.5) is 34.1 Å². The first kappa shape index (κ1) is 85.1. The van der Waals surface area contributed by atoms with Gasteiger partial charge in [-0.3, -0.25) is 0 Å². The highest BCUT2D eigenvalue weighted by atomic mass is 16.3. The molecule has 2 spiro atoms. The molecule has 23 aromatic rings. The van der Waals surface area contributed by atoms with E-state index >= 15 is 0 Å². The van der Waals surface area contributed by atoms with E-state index in [2.05, 4.69) is 549 Å². The van der Waals surface area contributed by atoms with Gasteiger partial charge in [0.05, 0.1) is 16.5 Å². The van der Waals surface area contributed by atoms with E-state index in [4.69, 9.17) is 4.42 Å². The van der Waals surface area contributed by atoms with E-state index in [1.807, 2.05) is 0 Å². The molecule has 1 aromatic heterocycles. The molecule has 0 unspecified atom stereocenters. The van der Waals surface area contributed by atoms with E-state index in [-0.39, 0.29) is 16.2 Å². The third-order valence-electron chi connectivity index (χ3n) is 33.8. The average Bonchev–Trinajstić information content (AvgIpc) is 1.50. The standard InChI is InChI=1S/C73H53N.C70H47NO/c1-71(2)59-30-13-10-25-56(59)68-52(28-18-35-64(68)71)48-43-49(53-29-19-37-66-69(53)58-27-12-17-34-63(58)73(66)61-32-15-8-23-54(61)55-24-9-16-33-62(55)73)45-51(44-48)74(50-41-39-47(40-42-50)46-21-6-5-7-22-46)67-38-20-36-65-70(67)57-26-11-14-31-60(57)72(65,3)4;1-69(2)59-27-11-6-20-53(59)56-39-38-49(43-64(56)69)71(48-36-34-45(35-37-48)44-18-4-3-5-19-44)50-41-46(40-47(42-50)52-26-17-33-66-68(52)58-24-10-15-32-65(58)72-66)51-25-16-31-63-67(51)57-23-9-14-30-62(57)70(63)60-28-12-7-21-54(60)55-22-8-13-29-61(55)70/h5-45H,1-4H3;3-43H,1-2H3. The van der Waals surface area contributed by atoms with Crippen LogP contribution in [-0.2, 0) is 27.1 Å². The fourth-order valence-corrected chi connectivity index (χ4v) is 27.4. The first-order valence-electron chi connectivity index (χ1n) is 51.4. The third-order valence-corrected chi connectivity index (χ3v) is 33.8. The Morgan fingerprint density at radius 2 is 0.438 bits per heavy atom. The normalized spacial score (nSPS) is 14.4. The monoisotopic (exact) mass is 1860 g/mol. The second kappa shape index (κ2) is 32.1. The summed E-state index contributed by atoms with van der Waals surface area (Å²) >= 11 is 0. The number of para-hydroxylation sites is 1. The zero-order chi connectivity index (χ0) is 97.2. The van der Waals surface area contributed by atoms with Crippen LogP contribution >= 0.6 is 0 Å². The maximum atomic E-state index is 6.58. The summed E-state index contributed by atoms with van der Waals surface area (Å²) in [7, 11) is 0. The molecule has 0 radical (unpaired) electrons. The second-order valence-electron chi connectivity index (χ2n) is 42.2. The number of fused-ring (bicyclic) bond motifs is 32. The highest BCUT2D eigenvalue weighted by Gasteiger charge is 2.55. The van der Waals surface area contributed by atoms with Gasteiger partial charge >= 0.3 is 0 Å². The summed E-state index contributed by atoms with van der Waals surface area (Å²) in [6.07, 6.45) is 0. The minimum Gasteiger partial charge on any atom is -0.456 e. The third kappa shape index (κ3) is 12.2. The van der Waals surface area contributed by atoms with Crippen LogP contribution in [-0.4, -0.2) is 0 Å². The Morgan fingerprint density at radius 3 is 0.904 bits per heavy atom. The number of hydrogen-bond acceptors (Lipinski definition) is 3. The minimum absolute atomic E-state index is 0.147. The molecule has 0 saturated heterocycles. The van der Waals surface area contributed by atoms with E-state index in [1.165, 1.54) is 212 Å². The van der Waals surface area contributed by atoms with Gasteiger partial charge in [-0.1, -0.05) is 448 Å². The predicted octanol–water partition coefficient (Wildman–Crippen LogP) is 37.8. The van der Waals surface area contributed by atoms with E-state index < -0.39 is 10.8 Å². The first-order chi connectivity index (χ1) is 71.7.